The summed E-state index contributed by atoms with van der Waals surface area (Å²) in [4.78, 5) is 50.3. The fourth-order valence-electron chi connectivity index (χ4n) is 3.10. The van der Waals surface area contributed by atoms with Gasteiger partial charge in [0.05, 0.1) is 6.42 Å². The van der Waals surface area contributed by atoms with Crippen LogP contribution >= 0.6 is 23.1 Å². The largest absolute Gasteiger partial charge is 0.477 e. The van der Waals surface area contributed by atoms with Gasteiger partial charge in [0.15, 0.2) is 0 Å². The fourth-order valence-corrected chi connectivity index (χ4v) is 5.23. The molecule has 2 aliphatic heterocycles. The number of thiophene rings is 1. The van der Waals surface area contributed by atoms with Crippen molar-refractivity contribution in [3.05, 3.63) is 33.7 Å². The molecule has 0 spiro atoms. The third-order valence-corrected chi connectivity index (χ3v) is 6.71. The molecule has 3 amide bonds. The van der Waals surface area contributed by atoms with Gasteiger partial charge in [-0.2, -0.15) is 0 Å². The van der Waals surface area contributed by atoms with E-state index in [0.29, 0.717) is 0 Å². The Hall–Kier alpha value is -2.57. The minimum absolute atomic E-state index is 0.0836. The maximum absolute atomic E-state index is 12.9. The van der Waals surface area contributed by atoms with Crippen LogP contribution in [0.25, 0.3) is 0 Å². The second-order valence-electron chi connectivity index (χ2n) is 6.17. The van der Waals surface area contributed by atoms with Gasteiger partial charge in [0.25, 0.3) is 11.6 Å². The number of fused-ring (bicyclic) bond motifs is 1. The first-order chi connectivity index (χ1) is 13.8. The zero-order valence-corrected chi connectivity index (χ0v) is 17.2. The van der Waals surface area contributed by atoms with E-state index < -0.39 is 35.0 Å². The second kappa shape index (κ2) is 8.43. The highest BCUT2D eigenvalue weighted by Gasteiger charge is 2.66. The molecule has 3 N–H and O–H groups in total. The molecule has 29 heavy (non-hydrogen) atoms. The van der Waals surface area contributed by atoms with Gasteiger partial charge in [-0.05, 0) is 11.4 Å². The molecule has 0 radical (unpaired) electrons. The Kier molecular flexibility index (Phi) is 6.15. The Morgan fingerprint density at radius 3 is 2.76 bits per heavy atom. The summed E-state index contributed by atoms with van der Waals surface area (Å²) in [5.41, 5.74) is -1.62. The molecule has 0 aliphatic carbocycles. The molecule has 3 rings (SSSR count). The Bertz CT molecular complexity index is 870. The lowest BCUT2D eigenvalue weighted by molar-refractivity contribution is -0.192. The number of alkyl carbamates (subject to hydrolysis) is 1. The number of rotatable bonds is 7. The number of thioether (sulfide) groups is 1. The molecule has 1 aromatic rings. The molecule has 0 aromatic carbocycles. The average Bonchev–Trinajstić information content (AvgIpc) is 3.21. The fraction of sp³-hybridized carbons (Fsp3) is 0.412. The van der Waals surface area contributed by atoms with Crippen LogP contribution in [-0.2, 0) is 30.3 Å². The van der Waals surface area contributed by atoms with E-state index in [9.17, 15) is 24.3 Å². The van der Waals surface area contributed by atoms with Gasteiger partial charge >= 0.3 is 12.1 Å². The number of nitrogens with one attached hydrogen (secondary N) is 2. The number of β-lactam (4-membered cyclic amide) rings is 1. The molecule has 12 heteroatoms. The van der Waals surface area contributed by atoms with Crippen LogP contribution in [-0.4, -0.2) is 71.5 Å². The second-order valence-corrected chi connectivity index (χ2v) is 8.27. The number of aliphatic carboxylic acids is 1. The summed E-state index contributed by atoms with van der Waals surface area (Å²) in [5, 5.41) is 15.6. The Morgan fingerprint density at radius 2 is 2.17 bits per heavy atom. The number of methoxy groups -OCH3 is 1. The highest BCUT2D eigenvalue weighted by Crippen LogP contribution is 2.46. The van der Waals surface area contributed by atoms with Crippen molar-refractivity contribution in [3.8, 4) is 0 Å². The standard InChI is InChI=1S/C17H19N3O7S2/c1-18-16(25)27-7-9-8-29-15-17(26-2,14(24)20(15)12(9)13(22)23)19-11(21)6-10-4-3-5-28-10/h3-5,15H,6-8H2,1-2H3,(H,18,25)(H,19,21)(H,22,23)/t15-,17?/m0/s1. The monoisotopic (exact) mass is 441 g/mol. The van der Waals surface area contributed by atoms with Gasteiger partial charge in [0.1, 0.15) is 17.7 Å². The van der Waals surface area contributed by atoms with Crippen molar-refractivity contribution < 1.29 is 33.8 Å². The van der Waals surface area contributed by atoms with Gasteiger partial charge in [-0.1, -0.05) is 6.07 Å². The molecular formula is C17H19N3O7S2. The summed E-state index contributed by atoms with van der Waals surface area (Å²) in [7, 11) is 2.67. The minimum atomic E-state index is -1.65. The molecule has 0 saturated carbocycles. The van der Waals surface area contributed by atoms with Crippen molar-refractivity contribution >= 4 is 47.0 Å². The van der Waals surface area contributed by atoms with Crippen LogP contribution in [0.5, 0.6) is 0 Å². The lowest BCUT2D eigenvalue weighted by Crippen LogP contribution is -2.80. The van der Waals surface area contributed by atoms with Crippen LogP contribution < -0.4 is 10.6 Å². The summed E-state index contributed by atoms with van der Waals surface area (Å²) in [5.74, 6) is -2.23. The van der Waals surface area contributed by atoms with Crippen LogP contribution in [0.1, 0.15) is 4.88 Å². The van der Waals surface area contributed by atoms with Gasteiger partial charge in [0, 0.05) is 30.4 Å². The predicted molar refractivity (Wildman–Crippen MR) is 104 cm³/mol. The molecule has 156 valence electrons. The molecule has 3 heterocycles. The summed E-state index contributed by atoms with van der Waals surface area (Å²) in [6, 6.07) is 3.62. The molecule has 2 aliphatic rings. The highest BCUT2D eigenvalue weighted by atomic mass is 32.2. The van der Waals surface area contributed by atoms with Crippen LogP contribution in [0.4, 0.5) is 4.79 Å². The Labute approximate surface area is 174 Å². The first kappa shape index (κ1) is 21.1. The number of amides is 3. The SMILES string of the molecule is CNC(=O)OCC1=C(C(=O)O)N2C(=O)C(NC(=O)Cc3cccs3)(OC)[C@@H]2SC1. The van der Waals surface area contributed by atoms with Gasteiger partial charge in [-0.15, -0.1) is 23.1 Å². The van der Waals surface area contributed by atoms with Crippen molar-refractivity contribution in [2.24, 2.45) is 0 Å². The van der Waals surface area contributed by atoms with Crippen molar-refractivity contribution in [3.63, 3.8) is 0 Å². The van der Waals surface area contributed by atoms with Crippen molar-refractivity contribution in [1.29, 1.82) is 0 Å². The molecule has 0 bridgehead atoms. The third-order valence-electron chi connectivity index (χ3n) is 4.46. The lowest BCUT2D eigenvalue weighted by Gasteiger charge is -2.55. The topological polar surface area (TPSA) is 134 Å². The Morgan fingerprint density at radius 1 is 1.41 bits per heavy atom. The van der Waals surface area contributed by atoms with Crippen molar-refractivity contribution in [2.45, 2.75) is 17.5 Å². The molecule has 1 aromatic heterocycles. The zero-order valence-electron chi connectivity index (χ0n) is 15.6. The predicted octanol–water partition coefficient (Wildman–Crippen LogP) is 0.359. The van der Waals surface area contributed by atoms with Crippen LogP contribution in [0.15, 0.2) is 28.8 Å². The number of hydrogen-bond donors (Lipinski definition) is 3. The number of ether oxygens (including phenoxy) is 2. The van der Waals surface area contributed by atoms with Crippen molar-refractivity contribution in [1.82, 2.24) is 15.5 Å². The number of carbonyl (C=O) groups excluding carboxylic acids is 3. The van der Waals surface area contributed by atoms with Crippen LogP contribution in [0, 0.1) is 0 Å². The summed E-state index contributed by atoms with van der Waals surface area (Å²) < 4.78 is 10.3. The summed E-state index contributed by atoms with van der Waals surface area (Å²) in [6.07, 6.45) is -0.628. The van der Waals surface area contributed by atoms with E-state index in [1.807, 2.05) is 11.4 Å². The highest BCUT2D eigenvalue weighted by molar-refractivity contribution is 8.00. The summed E-state index contributed by atoms with van der Waals surface area (Å²) in [6.45, 7) is -0.268. The quantitative estimate of drug-likeness (QED) is 0.408. The normalized spacial score (nSPS) is 23.2. The maximum atomic E-state index is 12.9. The van der Waals surface area contributed by atoms with E-state index in [1.165, 1.54) is 37.3 Å². The van der Waals surface area contributed by atoms with E-state index in [-0.39, 0.29) is 30.1 Å². The molecule has 1 saturated heterocycles. The first-order valence-corrected chi connectivity index (χ1v) is 10.4. The van der Waals surface area contributed by atoms with Crippen LogP contribution in [0.3, 0.4) is 0 Å². The first-order valence-electron chi connectivity index (χ1n) is 8.47. The van der Waals surface area contributed by atoms with E-state index in [0.717, 1.165) is 9.78 Å². The van der Waals surface area contributed by atoms with Gasteiger partial charge in [-0.25, -0.2) is 9.59 Å². The number of carboxylic acids is 1. The van der Waals surface area contributed by atoms with E-state index >= 15 is 0 Å². The maximum Gasteiger partial charge on any atom is 0.407 e. The number of hydrogen-bond acceptors (Lipinski definition) is 8. The van der Waals surface area contributed by atoms with Crippen LogP contribution in [0.2, 0.25) is 0 Å². The molecular weight excluding hydrogens is 422 g/mol. The van der Waals surface area contributed by atoms with Crippen molar-refractivity contribution in [2.75, 3.05) is 26.5 Å². The number of carbonyl (C=O) groups is 4. The van der Waals surface area contributed by atoms with Gasteiger partial charge in [0.2, 0.25) is 5.91 Å². The average molecular weight is 441 g/mol. The molecule has 2 atom stereocenters. The number of nitrogens with zero attached hydrogens (tertiary/aromatic N) is 1. The molecule has 1 fully saturated rings. The van der Waals surface area contributed by atoms with Gasteiger partial charge in [-0.3, -0.25) is 14.5 Å². The zero-order chi connectivity index (χ0) is 21.2. The smallest absolute Gasteiger partial charge is 0.407 e. The number of carboxylic acid groups (broad SMARTS) is 1. The van der Waals surface area contributed by atoms with E-state index in [4.69, 9.17) is 9.47 Å². The Balaban J connectivity index is 1.79. The van der Waals surface area contributed by atoms with E-state index in [1.54, 1.807) is 6.07 Å². The van der Waals surface area contributed by atoms with Gasteiger partial charge < -0.3 is 25.2 Å². The molecule has 1 unspecified atom stereocenters. The lowest BCUT2D eigenvalue weighted by atomic mass is 9.98. The van der Waals surface area contributed by atoms with E-state index in [2.05, 4.69) is 10.6 Å². The molecule has 10 nitrogen and oxygen atoms in total. The summed E-state index contributed by atoms with van der Waals surface area (Å²) >= 11 is 2.64. The third kappa shape index (κ3) is 3.82. The minimum Gasteiger partial charge on any atom is -0.477 e.